The van der Waals surface area contributed by atoms with Crippen molar-refractivity contribution >= 4 is 23.2 Å². The monoisotopic (exact) mass is 334 g/mol. The Balaban J connectivity index is 2.07. The SMILES string of the molecule is CC[C@H]1Cc2ccc(OC)cc2[C@H](c2ccc(Cl)c(Cl)c2)C1. The van der Waals surface area contributed by atoms with E-state index in [2.05, 4.69) is 31.2 Å². The lowest BCUT2D eigenvalue weighted by Crippen LogP contribution is -2.19. The summed E-state index contributed by atoms with van der Waals surface area (Å²) in [7, 11) is 1.72. The van der Waals surface area contributed by atoms with Crippen molar-refractivity contribution in [1.29, 1.82) is 0 Å². The topological polar surface area (TPSA) is 9.23 Å². The maximum Gasteiger partial charge on any atom is 0.119 e. The van der Waals surface area contributed by atoms with E-state index in [4.69, 9.17) is 27.9 Å². The molecular formula is C19H20Cl2O. The van der Waals surface area contributed by atoms with Gasteiger partial charge in [0.2, 0.25) is 0 Å². The van der Waals surface area contributed by atoms with Crippen LogP contribution in [0.15, 0.2) is 36.4 Å². The molecule has 3 rings (SSSR count). The van der Waals surface area contributed by atoms with Crippen LogP contribution in [0.5, 0.6) is 5.75 Å². The van der Waals surface area contributed by atoms with Crippen molar-refractivity contribution in [3.63, 3.8) is 0 Å². The summed E-state index contributed by atoms with van der Waals surface area (Å²) in [6, 6.07) is 12.4. The number of halogens is 2. The Morgan fingerprint density at radius 3 is 2.59 bits per heavy atom. The molecule has 3 heteroatoms. The van der Waals surface area contributed by atoms with Gasteiger partial charge in [-0.05, 0) is 59.7 Å². The lowest BCUT2D eigenvalue weighted by atomic mass is 9.73. The van der Waals surface area contributed by atoms with Crippen LogP contribution in [0.4, 0.5) is 0 Å². The standard InChI is InChI=1S/C19H20Cl2O/c1-3-12-8-13-4-6-15(22-2)11-17(13)16(9-12)14-5-7-18(20)19(21)10-14/h4-7,10-12,16H,3,8-9H2,1-2H3/t12-,16-/m0/s1. The van der Waals surface area contributed by atoms with E-state index in [0.29, 0.717) is 21.9 Å². The second-order valence-corrected chi connectivity index (χ2v) is 6.82. The molecule has 22 heavy (non-hydrogen) atoms. The van der Waals surface area contributed by atoms with Crippen molar-refractivity contribution in [2.45, 2.75) is 32.1 Å². The molecule has 2 aromatic rings. The summed E-state index contributed by atoms with van der Waals surface area (Å²) in [4.78, 5) is 0. The summed E-state index contributed by atoms with van der Waals surface area (Å²) >= 11 is 12.3. The van der Waals surface area contributed by atoms with Gasteiger partial charge in [-0.25, -0.2) is 0 Å². The zero-order chi connectivity index (χ0) is 15.7. The highest BCUT2D eigenvalue weighted by Crippen LogP contribution is 2.42. The Hall–Kier alpha value is -1.18. The van der Waals surface area contributed by atoms with Crippen molar-refractivity contribution in [1.82, 2.24) is 0 Å². The number of benzene rings is 2. The van der Waals surface area contributed by atoms with Crippen LogP contribution in [0.25, 0.3) is 0 Å². The molecule has 2 atom stereocenters. The van der Waals surface area contributed by atoms with Crippen LogP contribution in [-0.4, -0.2) is 7.11 Å². The second-order valence-electron chi connectivity index (χ2n) is 6.00. The van der Waals surface area contributed by atoms with E-state index in [9.17, 15) is 0 Å². The molecular weight excluding hydrogens is 315 g/mol. The van der Waals surface area contributed by atoms with Gasteiger partial charge >= 0.3 is 0 Å². The van der Waals surface area contributed by atoms with E-state index < -0.39 is 0 Å². The summed E-state index contributed by atoms with van der Waals surface area (Å²) in [6.07, 6.45) is 3.49. The Labute approximate surface area is 142 Å². The van der Waals surface area contributed by atoms with Crippen LogP contribution in [0, 0.1) is 5.92 Å². The van der Waals surface area contributed by atoms with Gasteiger partial charge in [0.05, 0.1) is 17.2 Å². The Morgan fingerprint density at radius 1 is 1.09 bits per heavy atom. The van der Waals surface area contributed by atoms with Crippen molar-refractivity contribution in [2.75, 3.05) is 7.11 Å². The van der Waals surface area contributed by atoms with E-state index in [1.54, 1.807) is 7.11 Å². The number of hydrogen-bond donors (Lipinski definition) is 0. The van der Waals surface area contributed by atoms with E-state index >= 15 is 0 Å². The average Bonchev–Trinajstić information content (AvgIpc) is 2.55. The van der Waals surface area contributed by atoms with Crippen molar-refractivity contribution in [3.05, 3.63) is 63.1 Å². The third kappa shape index (κ3) is 2.98. The summed E-state index contributed by atoms with van der Waals surface area (Å²) in [5.74, 6) is 1.98. The fourth-order valence-corrected chi connectivity index (χ4v) is 3.73. The highest BCUT2D eigenvalue weighted by atomic mass is 35.5. The van der Waals surface area contributed by atoms with E-state index in [1.165, 1.54) is 23.1 Å². The molecule has 116 valence electrons. The highest BCUT2D eigenvalue weighted by Gasteiger charge is 2.28. The normalized spacial score (nSPS) is 20.5. The van der Waals surface area contributed by atoms with Crippen LogP contribution in [0.1, 0.15) is 42.4 Å². The molecule has 1 nitrogen and oxygen atoms in total. The predicted octanol–water partition coefficient (Wildman–Crippen LogP) is 6.11. The van der Waals surface area contributed by atoms with Crippen LogP contribution in [0.3, 0.4) is 0 Å². The molecule has 0 N–H and O–H groups in total. The maximum atomic E-state index is 6.23. The smallest absolute Gasteiger partial charge is 0.119 e. The fourth-order valence-electron chi connectivity index (χ4n) is 3.42. The van der Waals surface area contributed by atoms with Gasteiger partial charge in [-0.2, -0.15) is 0 Å². The first-order chi connectivity index (χ1) is 10.6. The molecule has 0 bridgehead atoms. The molecule has 0 saturated carbocycles. The summed E-state index contributed by atoms with van der Waals surface area (Å²) < 4.78 is 5.41. The van der Waals surface area contributed by atoms with Gasteiger partial charge in [-0.1, -0.05) is 48.7 Å². The Morgan fingerprint density at radius 2 is 1.91 bits per heavy atom. The predicted molar refractivity (Wildman–Crippen MR) is 93.4 cm³/mol. The third-order valence-corrected chi connectivity index (χ3v) is 5.47. The molecule has 0 unspecified atom stereocenters. The number of rotatable bonds is 3. The van der Waals surface area contributed by atoms with Crippen molar-refractivity contribution in [3.8, 4) is 5.75 Å². The summed E-state index contributed by atoms with van der Waals surface area (Å²) in [6.45, 7) is 2.27. The average molecular weight is 335 g/mol. The van der Waals surface area contributed by atoms with E-state index in [1.807, 2.05) is 12.1 Å². The zero-order valence-corrected chi connectivity index (χ0v) is 14.4. The highest BCUT2D eigenvalue weighted by molar-refractivity contribution is 6.42. The molecule has 0 amide bonds. The number of hydrogen-bond acceptors (Lipinski definition) is 1. The fraction of sp³-hybridized carbons (Fsp3) is 0.368. The van der Waals surface area contributed by atoms with Gasteiger partial charge in [0, 0.05) is 5.92 Å². The maximum absolute atomic E-state index is 6.23. The van der Waals surface area contributed by atoms with Gasteiger partial charge in [0.15, 0.2) is 0 Å². The lowest BCUT2D eigenvalue weighted by Gasteiger charge is -2.32. The van der Waals surface area contributed by atoms with E-state index in [0.717, 1.165) is 18.6 Å². The van der Waals surface area contributed by atoms with Gasteiger partial charge in [0.1, 0.15) is 5.75 Å². The Bertz CT molecular complexity index is 681. The first-order valence-corrected chi connectivity index (χ1v) is 8.49. The summed E-state index contributed by atoms with van der Waals surface area (Å²) in [5, 5.41) is 1.24. The van der Waals surface area contributed by atoms with Crippen molar-refractivity contribution < 1.29 is 4.74 Å². The molecule has 0 aromatic heterocycles. The van der Waals surface area contributed by atoms with Crippen LogP contribution >= 0.6 is 23.2 Å². The molecule has 1 aliphatic carbocycles. The zero-order valence-electron chi connectivity index (χ0n) is 12.9. The van der Waals surface area contributed by atoms with Crippen LogP contribution in [-0.2, 0) is 6.42 Å². The van der Waals surface area contributed by atoms with Gasteiger partial charge in [0.25, 0.3) is 0 Å². The quantitative estimate of drug-likeness (QED) is 0.658. The minimum absolute atomic E-state index is 0.360. The largest absolute Gasteiger partial charge is 0.497 e. The van der Waals surface area contributed by atoms with Gasteiger partial charge in [-0.3, -0.25) is 0 Å². The molecule has 0 spiro atoms. The Kier molecular flexibility index (Phi) is 4.65. The number of methoxy groups -OCH3 is 1. The summed E-state index contributed by atoms with van der Waals surface area (Å²) in [5.41, 5.74) is 4.03. The molecule has 0 saturated heterocycles. The first-order valence-electron chi connectivity index (χ1n) is 7.74. The molecule has 0 aliphatic heterocycles. The second kappa shape index (κ2) is 6.52. The van der Waals surface area contributed by atoms with Gasteiger partial charge < -0.3 is 4.74 Å². The molecule has 1 aliphatic rings. The van der Waals surface area contributed by atoms with Crippen molar-refractivity contribution in [2.24, 2.45) is 5.92 Å². The first kappa shape index (κ1) is 15.7. The van der Waals surface area contributed by atoms with Gasteiger partial charge in [-0.15, -0.1) is 0 Å². The van der Waals surface area contributed by atoms with E-state index in [-0.39, 0.29) is 0 Å². The lowest BCUT2D eigenvalue weighted by molar-refractivity contribution is 0.401. The molecule has 2 aromatic carbocycles. The molecule has 0 heterocycles. The number of fused-ring (bicyclic) bond motifs is 1. The minimum Gasteiger partial charge on any atom is -0.497 e. The third-order valence-electron chi connectivity index (χ3n) is 4.73. The molecule has 0 radical (unpaired) electrons. The molecule has 0 fully saturated rings. The number of ether oxygens (including phenoxy) is 1. The van der Waals surface area contributed by atoms with Crippen LogP contribution < -0.4 is 4.74 Å². The minimum atomic E-state index is 0.360. The van der Waals surface area contributed by atoms with Crippen LogP contribution in [0.2, 0.25) is 10.0 Å².